The van der Waals surface area contributed by atoms with E-state index in [1.54, 1.807) is 7.11 Å². The van der Waals surface area contributed by atoms with Crippen LogP contribution in [0.15, 0.2) is 54.7 Å². The van der Waals surface area contributed by atoms with Crippen molar-refractivity contribution in [2.24, 2.45) is 7.05 Å². The van der Waals surface area contributed by atoms with Gasteiger partial charge in [-0.25, -0.2) is 0 Å². The van der Waals surface area contributed by atoms with Crippen LogP contribution in [0, 0.1) is 0 Å². The standard InChI is InChI=1S/C17H16N2O2/c1-19-10-9-12-11-13(7-8-15(12)19)17(20)18-14-5-3-4-6-16(14)21-2/h3-11H,1-2H3,(H,18,20). The normalized spacial score (nSPS) is 10.6. The van der Waals surface area contributed by atoms with E-state index >= 15 is 0 Å². The topological polar surface area (TPSA) is 43.3 Å². The minimum atomic E-state index is -0.148. The molecule has 4 heteroatoms. The molecule has 0 spiro atoms. The predicted octanol–water partition coefficient (Wildman–Crippen LogP) is 3.44. The summed E-state index contributed by atoms with van der Waals surface area (Å²) in [4.78, 5) is 12.4. The lowest BCUT2D eigenvalue weighted by molar-refractivity contribution is 0.102. The molecule has 21 heavy (non-hydrogen) atoms. The van der Waals surface area contributed by atoms with Crippen molar-refractivity contribution in [3.63, 3.8) is 0 Å². The Kier molecular flexibility index (Phi) is 3.36. The monoisotopic (exact) mass is 280 g/mol. The number of hydrogen-bond donors (Lipinski definition) is 1. The molecule has 4 nitrogen and oxygen atoms in total. The smallest absolute Gasteiger partial charge is 0.255 e. The van der Waals surface area contributed by atoms with Crippen molar-refractivity contribution in [1.82, 2.24) is 4.57 Å². The highest BCUT2D eigenvalue weighted by Gasteiger charge is 2.10. The summed E-state index contributed by atoms with van der Waals surface area (Å²) in [6.45, 7) is 0. The van der Waals surface area contributed by atoms with Crippen LogP contribution in [0.4, 0.5) is 5.69 Å². The van der Waals surface area contributed by atoms with Crippen LogP contribution in [0.3, 0.4) is 0 Å². The summed E-state index contributed by atoms with van der Waals surface area (Å²) in [5.41, 5.74) is 2.39. The summed E-state index contributed by atoms with van der Waals surface area (Å²) in [5, 5.41) is 3.92. The van der Waals surface area contributed by atoms with Gasteiger partial charge in [0.05, 0.1) is 12.8 Å². The highest BCUT2D eigenvalue weighted by molar-refractivity contribution is 6.06. The third-order valence-electron chi connectivity index (χ3n) is 3.50. The van der Waals surface area contributed by atoms with Crippen LogP contribution >= 0.6 is 0 Å². The molecule has 3 rings (SSSR count). The number of amides is 1. The van der Waals surface area contributed by atoms with Crippen LogP contribution in [-0.2, 0) is 7.05 Å². The summed E-state index contributed by atoms with van der Waals surface area (Å²) in [5.74, 6) is 0.497. The minimum absolute atomic E-state index is 0.148. The van der Waals surface area contributed by atoms with E-state index < -0.39 is 0 Å². The van der Waals surface area contributed by atoms with E-state index in [-0.39, 0.29) is 5.91 Å². The van der Waals surface area contributed by atoms with Crippen molar-refractivity contribution in [2.45, 2.75) is 0 Å². The van der Waals surface area contributed by atoms with Crippen molar-refractivity contribution in [1.29, 1.82) is 0 Å². The number of nitrogens with zero attached hydrogens (tertiary/aromatic N) is 1. The van der Waals surface area contributed by atoms with Crippen LogP contribution in [0.1, 0.15) is 10.4 Å². The van der Waals surface area contributed by atoms with Gasteiger partial charge in [0.15, 0.2) is 0 Å². The van der Waals surface area contributed by atoms with Gasteiger partial charge < -0.3 is 14.6 Å². The molecule has 0 aliphatic carbocycles. The summed E-state index contributed by atoms with van der Waals surface area (Å²) >= 11 is 0. The molecule has 1 amide bonds. The third-order valence-corrected chi connectivity index (χ3v) is 3.50. The molecule has 1 aromatic heterocycles. The second kappa shape index (κ2) is 5.32. The first-order valence-corrected chi connectivity index (χ1v) is 6.68. The number of nitrogens with one attached hydrogen (secondary N) is 1. The van der Waals surface area contributed by atoms with Crippen LogP contribution in [0.5, 0.6) is 5.75 Å². The van der Waals surface area contributed by atoms with Crippen molar-refractivity contribution in [3.05, 3.63) is 60.3 Å². The first-order chi connectivity index (χ1) is 10.2. The molecule has 0 aliphatic heterocycles. The van der Waals surface area contributed by atoms with Gasteiger partial charge in [-0.3, -0.25) is 4.79 Å². The van der Waals surface area contributed by atoms with Crippen LogP contribution < -0.4 is 10.1 Å². The number of hydrogen-bond acceptors (Lipinski definition) is 2. The van der Waals surface area contributed by atoms with E-state index in [1.165, 1.54) is 0 Å². The van der Waals surface area contributed by atoms with Gasteiger partial charge in [0.2, 0.25) is 0 Å². The fraction of sp³-hybridized carbons (Fsp3) is 0.118. The number of methoxy groups -OCH3 is 1. The molecule has 0 aliphatic rings. The van der Waals surface area contributed by atoms with Crippen molar-refractivity contribution >= 4 is 22.5 Å². The molecule has 0 atom stereocenters. The zero-order valence-corrected chi connectivity index (χ0v) is 12.0. The maximum Gasteiger partial charge on any atom is 0.255 e. The Morgan fingerprint density at radius 2 is 1.95 bits per heavy atom. The Bertz CT molecular complexity index is 805. The molecule has 0 saturated carbocycles. The highest BCUT2D eigenvalue weighted by Crippen LogP contribution is 2.24. The Balaban J connectivity index is 1.90. The molecular weight excluding hydrogens is 264 g/mol. The number of benzene rings is 2. The summed E-state index contributed by atoms with van der Waals surface area (Å²) in [7, 11) is 3.57. The van der Waals surface area contributed by atoms with Gasteiger partial charge in [-0.15, -0.1) is 0 Å². The van der Waals surface area contributed by atoms with Gasteiger partial charge in [0, 0.05) is 29.7 Å². The first-order valence-electron chi connectivity index (χ1n) is 6.68. The Morgan fingerprint density at radius 3 is 2.76 bits per heavy atom. The SMILES string of the molecule is COc1ccccc1NC(=O)c1ccc2c(ccn2C)c1. The number of aromatic nitrogens is 1. The molecule has 106 valence electrons. The van der Waals surface area contributed by atoms with E-state index in [0.29, 0.717) is 17.0 Å². The quantitative estimate of drug-likeness (QED) is 0.798. The van der Waals surface area contributed by atoms with E-state index in [4.69, 9.17) is 4.74 Å². The van der Waals surface area contributed by atoms with Gasteiger partial charge in [0.25, 0.3) is 5.91 Å². The van der Waals surface area contributed by atoms with Gasteiger partial charge in [0.1, 0.15) is 5.75 Å². The fourth-order valence-corrected chi connectivity index (χ4v) is 2.37. The average molecular weight is 280 g/mol. The van der Waals surface area contributed by atoms with E-state index in [9.17, 15) is 4.79 Å². The molecule has 1 heterocycles. The predicted molar refractivity (Wildman–Crippen MR) is 83.9 cm³/mol. The lowest BCUT2D eigenvalue weighted by Crippen LogP contribution is -2.12. The first kappa shape index (κ1) is 13.2. The van der Waals surface area contributed by atoms with E-state index in [1.807, 2.05) is 66.3 Å². The minimum Gasteiger partial charge on any atom is -0.495 e. The summed E-state index contributed by atoms with van der Waals surface area (Å²) < 4.78 is 7.26. The molecule has 0 bridgehead atoms. The number of carbonyl (C=O) groups is 1. The lowest BCUT2D eigenvalue weighted by Gasteiger charge is -2.10. The molecular formula is C17H16N2O2. The zero-order chi connectivity index (χ0) is 14.8. The highest BCUT2D eigenvalue weighted by atomic mass is 16.5. The van der Waals surface area contributed by atoms with E-state index in [0.717, 1.165) is 10.9 Å². The number of rotatable bonds is 3. The Morgan fingerprint density at radius 1 is 1.14 bits per heavy atom. The fourth-order valence-electron chi connectivity index (χ4n) is 2.37. The van der Waals surface area contributed by atoms with Crippen LogP contribution in [0.25, 0.3) is 10.9 Å². The van der Waals surface area contributed by atoms with Gasteiger partial charge in [-0.05, 0) is 36.4 Å². The van der Waals surface area contributed by atoms with Gasteiger partial charge in [-0.2, -0.15) is 0 Å². The number of fused-ring (bicyclic) bond motifs is 1. The lowest BCUT2D eigenvalue weighted by atomic mass is 10.1. The van der Waals surface area contributed by atoms with Crippen LogP contribution in [0.2, 0.25) is 0 Å². The third kappa shape index (κ3) is 2.48. The second-order valence-corrected chi connectivity index (χ2v) is 4.85. The second-order valence-electron chi connectivity index (χ2n) is 4.85. The van der Waals surface area contributed by atoms with Gasteiger partial charge >= 0.3 is 0 Å². The van der Waals surface area contributed by atoms with Crippen molar-refractivity contribution < 1.29 is 9.53 Å². The zero-order valence-electron chi connectivity index (χ0n) is 12.0. The largest absolute Gasteiger partial charge is 0.495 e. The maximum absolute atomic E-state index is 12.4. The number of aryl methyl sites for hydroxylation is 1. The van der Waals surface area contributed by atoms with E-state index in [2.05, 4.69) is 5.32 Å². The van der Waals surface area contributed by atoms with Crippen molar-refractivity contribution in [2.75, 3.05) is 12.4 Å². The van der Waals surface area contributed by atoms with Crippen LogP contribution in [-0.4, -0.2) is 17.6 Å². The average Bonchev–Trinajstić information content (AvgIpc) is 2.88. The van der Waals surface area contributed by atoms with Crippen molar-refractivity contribution in [3.8, 4) is 5.75 Å². The summed E-state index contributed by atoms with van der Waals surface area (Å²) in [6, 6.07) is 15.0. The number of anilines is 1. The van der Waals surface area contributed by atoms with Gasteiger partial charge in [-0.1, -0.05) is 12.1 Å². The molecule has 3 aromatic rings. The number of para-hydroxylation sites is 2. The molecule has 2 aromatic carbocycles. The molecule has 0 unspecified atom stereocenters. The summed E-state index contributed by atoms with van der Waals surface area (Å²) in [6.07, 6.45) is 1.98. The Hall–Kier alpha value is -2.75. The molecule has 1 N–H and O–H groups in total. The number of ether oxygens (including phenoxy) is 1. The molecule has 0 saturated heterocycles. The Labute approximate surface area is 123 Å². The maximum atomic E-state index is 12.4. The number of carbonyl (C=O) groups excluding carboxylic acids is 1. The molecule has 0 radical (unpaired) electrons. The molecule has 0 fully saturated rings.